The average Bonchev–Trinajstić information content (AvgIpc) is 2.67. The molecule has 2 aromatic rings. The molecule has 9 heteroatoms. The minimum atomic E-state index is -1.54. The quantitative estimate of drug-likeness (QED) is 0.890. The van der Waals surface area contributed by atoms with Crippen molar-refractivity contribution < 1.29 is 9.00 Å². The first-order valence-corrected chi connectivity index (χ1v) is 7.62. The third-order valence-electron chi connectivity index (χ3n) is 2.56. The van der Waals surface area contributed by atoms with Gasteiger partial charge in [-0.05, 0) is 12.1 Å². The maximum atomic E-state index is 11.6. The number of hydrogen-bond donors (Lipinski definition) is 2. The molecule has 0 saturated carbocycles. The predicted octanol–water partition coefficient (Wildman–Crippen LogP) is 1.60. The molecule has 106 valence electrons. The van der Waals surface area contributed by atoms with E-state index >= 15 is 0 Å². The number of nitrogens with two attached hydrogens (primary N) is 2. The highest BCUT2D eigenvalue weighted by Crippen LogP contribution is 2.32. The van der Waals surface area contributed by atoms with Crippen molar-refractivity contribution in [2.24, 2.45) is 5.73 Å². The number of hydrogen-bond acceptors (Lipinski definition) is 4. The van der Waals surface area contributed by atoms with Gasteiger partial charge in [-0.1, -0.05) is 29.3 Å². The topological polar surface area (TPSA) is 104 Å². The van der Waals surface area contributed by atoms with E-state index in [0.717, 1.165) is 0 Å². The fourth-order valence-corrected chi connectivity index (χ4v) is 2.95. The molecule has 0 unspecified atom stereocenters. The zero-order valence-corrected chi connectivity index (χ0v) is 12.6. The summed E-state index contributed by atoms with van der Waals surface area (Å²) >= 11 is 12.1. The van der Waals surface area contributed by atoms with Gasteiger partial charge in [-0.2, -0.15) is 5.10 Å². The van der Waals surface area contributed by atoms with Crippen LogP contribution in [0, 0.1) is 0 Å². The number of nitrogen functional groups attached to an aromatic ring is 1. The Labute approximate surface area is 127 Å². The van der Waals surface area contributed by atoms with Crippen LogP contribution in [-0.4, -0.2) is 26.2 Å². The van der Waals surface area contributed by atoms with Crippen molar-refractivity contribution in [3.8, 4) is 5.69 Å². The standard InChI is InChI=1S/C11H10Cl2N4O2S/c1-20(19)11-7(10(15)18)9(14)17(16-11)8-5(12)3-2-4-6(8)13/h2-4H,14H2,1H3,(H2,15,18)/t20-/m0/s1. The summed E-state index contributed by atoms with van der Waals surface area (Å²) < 4.78 is 12.8. The van der Waals surface area contributed by atoms with Gasteiger partial charge in [0.15, 0.2) is 5.03 Å². The molecule has 0 saturated heterocycles. The summed E-state index contributed by atoms with van der Waals surface area (Å²) in [6.45, 7) is 0. The fraction of sp³-hybridized carbons (Fsp3) is 0.0909. The lowest BCUT2D eigenvalue weighted by Gasteiger charge is -2.08. The second-order valence-corrected chi connectivity index (χ2v) is 5.98. The number of amides is 1. The molecule has 6 nitrogen and oxygen atoms in total. The van der Waals surface area contributed by atoms with Gasteiger partial charge in [0.1, 0.15) is 17.1 Å². The van der Waals surface area contributed by atoms with Gasteiger partial charge in [0, 0.05) is 6.26 Å². The number of nitrogens with zero attached hydrogens (tertiary/aromatic N) is 2. The van der Waals surface area contributed by atoms with Crippen LogP contribution in [0.5, 0.6) is 0 Å². The largest absolute Gasteiger partial charge is 0.383 e. The minimum Gasteiger partial charge on any atom is -0.383 e. The molecule has 0 fully saturated rings. The van der Waals surface area contributed by atoms with Crippen LogP contribution >= 0.6 is 23.2 Å². The number of benzene rings is 1. The van der Waals surface area contributed by atoms with Gasteiger partial charge in [0.05, 0.1) is 20.8 Å². The van der Waals surface area contributed by atoms with E-state index in [-0.39, 0.29) is 26.5 Å². The lowest BCUT2D eigenvalue weighted by molar-refractivity contribution is 0.0998. The molecule has 2 rings (SSSR count). The van der Waals surface area contributed by atoms with Crippen LogP contribution in [0.1, 0.15) is 10.4 Å². The first kappa shape index (κ1) is 14.8. The van der Waals surface area contributed by atoms with Gasteiger partial charge in [-0.15, -0.1) is 0 Å². The van der Waals surface area contributed by atoms with Crippen molar-refractivity contribution in [1.82, 2.24) is 9.78 Å². The Kier molecular flexibility index (Phi) is 4.03. The fourth-order valence-electron chi connectivity index (χ4n) is 1.70. The molecular weight excluding hydrogens is 323 g/mol. The Balaban J connectivity index is 2.80. The number of anilines is 1. The second-order valence-electron chi connectivity index (χ2n) is 3.87. The average molecular weight is 333 g/mol. The van der Waals surface area contributed by atoms with E-state index in [4.69, 9.17) is 34.7 Å². The number of para-hydroxylation sites is 1. The molecule has 1 atom stereocenters. The molecule has 1 aromatic carbocycles. The smallest absolute Gasteiger partial charge is 0.255 e. The predicted molar refractivity (Wildman–Crippen MR) is 78.8 cm³/mol. The van der Waals surface area contributed by atoms with Gasteiger partial charge < -0.3 is 11.5 Å². The van der Waals surface area contributed by atoms with Gasteiger partial charge in [-0.3, -0.25) is 9.00 Å². The van der Waals surface area contributed by atoms with E-state index in [9.17, 15) is 9.00 Å². The molecule has 1 aromatic heterocycles. The van der Waals surface area contributed by atoms with Crippen molar-refractivity contribution in [3.63, 3.8) is 0 Å². The molecule has 1 amide bonds. The number of halogens is 2. The summed E-state index contributed by atoms with van der Waals surface area (Å²) in [5, 5.41) is 4.61. The third kappa shape index (κ3) is 2.39. The number of rotatable bonds is 3. The Morgan fingerprint density at radius 1 is 1.35 bits per heavy atom. The maximum absolute atomic E-state index is 11.6. The Bertz CT molecular complexity index is 709. The summed E-state index contributed by atoms with van der Waals surface area (Å²) in [6.07, 6.45) is 1.37. The summed E-state index contributed by atoms with van der Waals surface area (Å²) in [6, 6.07) is 4.84. The molecule has 20 heavy (non-hydrogen) atoms. The van der Waals surface area contributed by atoms with Crippen molar-refractivity contribution in [1.29, 1.82) is 0 Å². The van der Waals surface area contributed by atoms with Crippen LogP contribution in [0.4, 0.5) is 5.82 Å². The zero-order valence-electron chi connectivity index (χ0n) is 10.3. The minimum absolute atomic E-state index is 0.00835. The molecule has 0 aliphatic heterocycles. The first-order chi connectivity index (χ1) is 9.34. The van der Waals surface area contributed by atoms with Crippen LogP contribution in [0.3, 0.4) is 0 Å². The summed E-state index contributed by atoms with van der Waals surface area (Å²) in [5.41, 5.74) is 11.3. The summed E-state index contributed by atoms with van der Waals surface area (Å²) in [7, 11) is -1.54. The molecule has 0 aliphatic rings. The molecule has 1 heterocycles. The van der Waals surface area contributed by atoms with Crippen molar-refractivity contribution in [2.75, 3.05) is 12.0 Å². The van der Waals surface area contributed by atoms with Crippen LogP contribution in [0.25, 0.3) is 5.69 Å². The summed E-state index contributed by atoms with van der Waals surface area (Å²) in [4.78, 5) is 11.5. The lowest BCUT2D eigenvalue weighted by atomic mass is 10.3. The molecule has 0 radical (unpaired) electrons. The molecular formula is C11H10Cl2N4O2S. The van der Waals surface area contributed by atoms with Gasteiger partial charge >= 0.3 is 0 Å². The number of primary amides is 1. The highest BCUT2D eigenvalue weighted by atomic mass is 35.5. The first-order valence-electron chi connectivity index (χ1n) is 5.30. The van der Waals surface area contributed by atoms with Crippen LogP contribution < -0.4 is 11.5 Å². The van der Waals surface area contributed by atoms with Crippen LogP contribution in [0.15, 0.2) is 23.2 Å². The third-order valence-corrected chi connectivity index (χ3v) is 4.00. The molecule has 0 spiro atoms. The number of aromatic nitrogens is 2. The molecule has 4 N–H and O–H groups in total. The van der Waals surface area contributed by atoms with E-state index in [2.05, 4.69) is 5.10 Å². The zero-order chi connectivity index (χ0) is 15.0. The molecule has 0 bridgehead atoms. The number of carbonyl (C=O) groups excluding carboxylic acids is 1. The Hall–Kier alpha value is -1.57. The van der Waals surface area contributed by atoms with E-state index in [1.54, 1.807) is 18.2 Å². The Morgan fingerprint density at radius 2 is 1.90 bits per heavy atom. The monoisotopic (exact) mass is 332 g/mol. The van der Waals surface area contributed by atoms with E-state index in [0.29, 0.717) is 5.69 Å². The van der Waals surface area contributed by atoms with E-state index in [1.807, 2.05) is 0 Å². The van der Waals surface area contributed by atoms with Gasteiger partial charge in [-0.25, -0.2) is 4.68 Å². The van der Waals surface area contributed by atoms with Crippen molar-refractivity contribution in [3.05, 3.63) is 33.8 Å². The van der Waals surface area contributed by atoms with E-state index in [1.165, 1.54) is 10.9 Å². The number of carbonyl (C=O) groups is 1. The second kappa shape index (κ2) is 5.43. The van der Waals surface area contributed by atoms with Gasteiger partial charge in [0.2, 0.25) is 0 Å². The van der Waals surface area contributed by atoms with Crippen LogP contribution in [-0.2, 0) is 10.8 Å². The van der Waals surface area contributed by atoms with Gasteiger partial charge in [0.25, 0.3) is 5.91 Å². The van der Waals surface area contributed by atoms with Crippen molar-refractivity contribution in [2.45, 2.75) is 5.03 Å². The maximum Gasteiger partial charge on any atom is 0.255 e. The lowest BCUT2D eigenvalue weighted by Crippen LogP contribution is -2.15. The highest BCUT2D eigenvalue weighted by Gasteiger charge is 2.25. The van der Waals surface area contributed by atoms with Crippen molar-refractivity contribution >= 4 is 45.7 Å². The normalized spacial score (nSPS) is 12.3. The summed E-state index contributed by atoms with van der Waals surface area (Å²) in [5.74, 6) is -0.875. The Morgan fingerprint density at radius 3 is 2.30 bits per heavy atom. The molecule has 0 aliphatic carbocycles. The highest BCUT2D eigenvalue weighted by molar-refractivity contribution is 7.84. The SMILES string of the molecule is C[S@](=O)c1nn(-c2c(Cl)cccc2Cl)c(N)c1C(N)=O. The van der Waals surface area contributed by atoms with Crippen LogP contribution in [0.2, 0.25) is 10.0 Å². The van der Waals surface area contributed by atoms with E-state index < -0.39 is 16.7 Å².